The van der Waals surface area contributed by atoms with E-state index in [1.54, 1.807) is 30.6 Å². The van der Waals surface area contributed by atoms with Crippen LogP contribution in [0.5, 0.6) is 11.5 Å². The van der Waals surface area contributed by atoms with Gasteiger partial charge in [0.25, 0.3) is 0 Å². The predicted octanol–water partition coefficient (Wildman–Crippen LogP) is 4.82. The van der Waals surface area contributed by atoms with E-state index < -0.39 is 5.69 Å². The average Bonchev–Trinajstić information content (AvgIpc) is 3.34. The number of nitrogens with zero attached hydrogens (tertiary/aromatic N) is 4. The molecule has 10 heteroatoms. The molecule has 40 heavy (non-hydrogen) atoms. The summed E-state index contributed by atoms with van der Waals surface area (Å²) in [5.74, 6) is 1.85. The highest BCUT2D eigenvalue weighted by molar-refractivity contribution is 7.17. The van der Waals surface area contributed by atoms with Crippen LogP contribution in [0.4, 0.5) is 0 Å². The normalized spacial score (nSPS) is 18.0. The molecule has 0 saturated heterocycles. The number of para-hydroxylation sites is 1. The molecule has 5 aromatic rings. The summed E-state index contributed by atoms with van der Waals surface area (Å²) in [5.41, 5.74) is 0.559. The van der Waals surface area contributed by atoms with Crippen LogP contribution in [0.25, 0.3) is 32.8 Å². The van der Waals surface area contributed by atoms with E-state index in [-0.39, 0.29) is 23.6 Å². The van der Waals surface area contributed by atoms with Gasteiger partial charge in [-0.2, -0.15) is 4.98 Å². The van der Waals surface area contributed by atoms with Crippen LogP contribution in [0.15, 0.2) is 78.4 Å². The van der Waals surface area contributed by atoms with Crippen LogP contribution in [-0.4, -0.2) is 36.6 Å². The Kier molecular flexibility index (Phi) is 7.00. The molecule has 1 aromatic carbocycles. The van der Waals surface area contributed by atoms with E-state index in [1.807, 2.05) is 30.3 Å². The van der Waals surface area contributed by atoms with Crippen LogP contribution in [-0.2, 0) is 4.79 Å². The molecular formula is C30H27N5O4S. The van der Waals surface area contributed by atoms with Crippen molar-refractivity contribution in [1.82, 2.24) is 24.8 Å². The minimum Gasteiger partial charge on any atom is -0.511 e. The third-order valence-electron chi connectivity index (χ3n) is 7.17. The molecule has 1 fully saturated rings. The van der Waals surface area contributed by atoms with Crippen molar-refractivity contribution in [3.05, 3.63) is 88.6 Å². The molecule has 4 aromatic heterocycles. The van der Waals surface area contributed by atoms with Gasteiger partial charge in [-0.3, -0.25) is 4.79 Å². The van der Waals surface area contributed by atoms with Crippen LogP contribution in [0.1, 0.15) is 32.1 Å². The molecule has 1 amide bonds. The average molecular weight is 554 g/mol. The fraction of sp³-hybridized carbons (Fsp3) is 0.233. The predicted molar refractivity (Wildman–Crippen MR) is 155 cm³/mol. The first kappa shape index (κ1) is 25.7. The molecule has 4 heterocycles. The maximum absolute atomic E-state index is 13.3. The monoisotopic (exact) mass is 553 g/mol. The first-order valence-electron chi connectivity index (χ1n) is 13.1. The zero-order chi connectivity index (χ0) is 27.6. The van der Waals surface area contributed by atoms with Crippen molar-refractivity contribution in [3.8, 4) is 17.3 Å². The van der Waals surface area contributed by atoms with Crippen molar-refractivity contribution >= 4 is 44.3 Å². The van der Waals surface area contributed by atoms with Crippen LogP contribution < -0.4 is 20.3 Å². The number of ether oxygens (including phenoxy) is 1. The summed E-state index contributed by atoms with van der Waals surface area (Å²) in [6.07, 6.45) is 8.52. The van der Waals surface area contributed by atoms with Crippen LogP contribution >= 0.6 is 11.3 Å². The Bertz CT molecular complexity index is 1810. The van der Waals surface area contributed by atoms with E-state index >= 15 is 0 Å². The van der Waals surface area contributed by atoms with Gasteiger partial charge >= 0.3 is 5.69 Å². The topological polar surface area (TPSA) is 119 Å². The summed E-state index contributed by atoms with van der Waals surface area (Å²) in [4.78, 5) is 39.1. The maximum Gasteiger partial charge on any atom is 0.354 e. The fourth-order valence-corrected chi connectivity index (χ4v) is 6.43. The number of aromatic nitrogens is 4. The van der Waals surface area contributed by atoms with Crippen molar-refractivity contribution in [2.75, 3.05) is 0 Å². The van der Waals surface area contributed by atoms with Crippen molar-refractivity contribution in [3.63, 3.8) is 0 Å². The quantitative estimate of drug-likeness (QED) is 0.277. The van der Waals surface area contributed by atoms with Gasteiger partial charge in [0.05, 0.1) is 21.6 Å². The van der Waals surface area contributed by atoms with E-state index in [0.717, 1.165) is 25.7 Å². The molecule has 1 saturated carbocycles. The number of nitrogens with one attached hydrogen (secondary N) is 1. The Balaban J connectivity index is 1.34. The second kappa shape index (κ2) is 10.9. The first-order valence-corrected chi connectivity index (χ1v) is 14.0. The molecule has 0 bridgehead atoms. The molecule has 2 atom stereocenters. The lowest BCUT2D eigenvalue weighted by Crippen LogP contribution is -2.37. The second-order valence-corrected chi connectivity index (χ2v) is 10.9. The molecule has 0 spiro atoms. The van der Waals surface area contributed by atoms with Gasteiger partial charge in [-0.15, -0.1) is 11.3 Å². The van der Waals surface area contributed by atoms with E-state index in [2.05, 4.69) is 26.8 Å². The van der Waals surface area contributed by atoms with E-state index in [9.17, 15) is 14.7 Å². The Hall–Kier alpha value is -4.57. The highest BCUT2D eigenvalue weighted by atomic mass is 32.1. The van der Waals surface area contributed by atoms with Gasteiger partial charge in [-0.05, 0) is 61.6 Å². The van der Waals surface area contributed by atoms with E-state index in [0.29, 0.717) is 49.5 Å². The Morgan fingerprint density at radius 3 is 2.77 bits per heavy atom. The second-order valence-electron chi connectivity index (χ2n) is 9.88. The number of pyridine rings is 2. The molecule has 1 aliphatic rings. The number of carbonyl (C=O) groups is 1. The molecule has 0 aliphatic heterocycles. The molecule has 1 aliphatic carbocycles. The van der Waals surface area contributed by atoms with Crippen molar-refractivity contribution in [2.24, 2.45) is 5.92 Å². The summed E-state index contributed by atoms with van der Waals surface area (Å²) in [5, 5.41) is 14.9. The fourth-order valence-electron chi connectivity index (χ4n) is 5.37. The highest BCUT2D eigenvalue weighted by Crippen LogP contribution is 2.31. The molecule has 0 radical (unpaired) electrons. The Labute approximate surface area is 233 Å². The van der Waals surface area contributed by atoms with Crippen LogP contribution in [0.2, 0.25) is 0 Å². The minimum absolute atomic E-state index is 0.0582. The summed E-state index contributed by atoms with van der Waals surface area (Å²) in [6.45, 7) is 3.52. The molecule has 0 unspecified atom stereocenters. The van der Waals surface area contributed by atoms with Gasteiger partial charge < -0.3 is 15.2 Å². The smallest absolute Gasteiger partial charge is 0.354 e. The lowest BCUT2D eigenvalue weighted by atomic mass is 9.83. The first-order chi connectivity index (χ1) is 19.5. The lowest BCUT2D eigenvalue weighted by Gasteiger charge is -2.29. The largest absolute Gasteiger partial charge is 0.511 e. The molecule has 9 nitrogen and oxygen atoms in total. The van der Waals surface area contributed by atoms with Crippen LogP contribution in [0, 0.1) is 5.92 Å². The molecule has 6 rings (SSSR count). The zero-order valence-corrected chi connectivity index (χ0v) is 22.4. The van der Waals surface area contributed by atoms with Gasteiger partial charge in [0.2, 0.25) is 5.91 Å². The van der Waals surface area contributed by atoms with E-state index in [1.165, 1.54) is 22.0 Å². The number of amides is 1. The van der Waals surface area contributed by atoms with Gasteiger partial charge in [0.15, 0.2) is 0 Å². The molecule has 202 valence electrons. The van der Waals surface area contributed by atoms with Crippen molar-refractivity contribution < 1.29 is 14.6 Å². The number of aliphatic hydroxyl groups is 1. The summed E-state index contributed by atoms with van der Waals surface area (Å²) in [6, 6.07) is 14.7. The third kappa shape index (κ3) is 5.05. The van der Waals surface area contributed by atoms with E-state index in [4.69, 9.17) is 4.74 Å². The zero-order valence-electron chi connectivity index (χ0n) is 21.6. The summed E-state index contributed by atoms with van der Waals surface area (Å²) >= 11 is 1.32. The maximum atomic E-state index is 13.3. The minimum atomic E-state index is -0.499. The van der Waals surface area contributed by atoms with Gasteiger partial charge in [0, 0.05) is 18.7 Å². The van der Waals surface area contributed by atoms with Gasteiger partial charge in [-0.1, -0.05) is 31.2 Å². The van der Waals surface area contributed by atoms with Crippen molar-refractivity contribution in [2.45, 2.75) is 38.1 Å². The van der Waals surface area contributed by atoms with Crippen molar-refractivity contribution in [1.29, 1.82) is 0 Å². The number of carbonyl (C=O) groups excluding carboxylic acids is 1. The van der Waals surface area contributed by atoms with Gasteiger partial charge in [-0.25, -0.2) is 19.3 Å². The molecule has 2 N–H and O–H groups in total. The SMILES string of the molecule is C=CC(=O)N[C@@H]1CCC[C@@H](CC(O)=c2sc3nccc4c3c2nc(=O)n4-c2ccc(Oc3ccccc3)cn2)C1. The lowest BCUT2D eigenvalue weighted by molar-refractivity contribution is -0.117. The van der Waals surface area contributed by atoms with Crippen LogP contribution in [0.3, 0.4) is 0 Å². The summed E-state index contributed by atoms with van der Waals surface area (Å²) in [7, 11) is 0. The number of benzene rings is 1. The number of rotatable bonds is 7. The third-order valence-corrected chi connectivity index (χ3v) is 8.31. The standard InChI is InChI=1S/C30H27N5O4S/c1-2-25(37)33-19-8-6-7-18(15-19)16-23(36)28-27-26-22(13-14-31-29(26)40-28)35(30(38)34-27)24-12-11-21(17-32-24)39-20-9-4-3-5-10-20/h2-5,9-14,17-19,36H,1,6-8,15-16H2,(H,33,37)/t18-,19-/m1/s1. The number of hydrogen-bond donors (Lipinski definition) is 2. The highest BCUT2D eigenvalue weighted by Gasteiger charge is 2.25. The summed E-state index contributed by atoms with van der Waals surface area (Å²) < 4.78 is 7.84. The number of hydrogen-bond acceptors (Lipinski definition) is 8. The number of thiophene rings is 1. The van der Waals surface area contributed by atoms with Gasteiger partial charge in [0.1, 0.15) is 33.4 Å². The Morgan fingerprint density at radius 1 is 1.15 bits per heavy atom. The molecular weight excluding hydrogens is 526 g/mol. The Morgan fingerprint density at radius 2 is 2.00 bits per heavy atom. The number of aliphatic hydroxyl groups excluding tert-OH is 1.